The standard InChI is InChI=1S/C11H11F3NO/c1-8(6-7-16)15-10-4-2-9(3-5-10)11(12,13)14/h2-5,8,15H,6H2,1H3. The predicted octanol–water partition coefficient (Wildman–Crippen LogP) is 3.01. The van der Waals surface area contributed by atoms with Crippen LogP contribution in [-0.4, -0.2) is 12.3 Å². The summed E-state index contributed by atoms with van der Waals surface area (Å²) in [4.78, 5) is 10.1. The van der Waals surface area contributed by atoms with Crippen LogP contribution in [0.1, 0.15) is 18.9 Å². The van der Waals surface area contributed by atoms with Gasteiger partial charge in [0.2, 0.25) is 0 Å². The third-order valence-electron chi connectivity index (χ3n) is 2.01. The van der Waals surface area contributed by atoms with E-state index in [-0.39, 0.29) is 12.5 Å². The van der Waals surface area contributed by atoms with E-state index in [1.165, 1.54) is 12.1 Å². The minimum Gasteiger partial charge on any atom is -0.382 e. The van der Waals surface area contributed by atoms with Crippen LogP contribution in [0.2, 0.25) is 0 Å². The van der Waals surface area contributed by atoms with E-state index in [1.54, 1.807) is 13.2 Å². The fourth-order valence-corrected chi connectivity index (χ4v) is 1.22. The number of benzene rings is 1. The van der Waals surface area contributed by atoms with Crippen LogP contribution in [0.4, 0.5) is 18.9 Å². The zero-order valence-electron chi connectivity index (χ0n) is 8.64. The minimum absolute atomic E-state index is 0.144. The van der Waals surface area contributed by atoms with Crippen LogP contribution in [0.3, 0.4) is 0 Å². The largest absolute Gasteiger partial charge is 0.416 e. The molecule has 0 aliphatic rings. The zero-order chi connectivity index (χ0) is 12.2. The lowest BCUT2D eigenvalue weighted by molar-refractivity contribution is -0.137. The summed E-state index contributed by atoms with van der Waals surface area (Å²) in [6.45, 7) is 1.75. The first-order chi connectivity index (χ1) is 7.43. The van der Waals surface area contributed by atoms with Gasteiger partial charge >= 0.3 is 6.18 Å². The maximum absolute atomic E-state index is 12.2. The van der Waals surface area contributed by atoms with E-state index < -0.39 is 11.7 Å². The molecule has 1 N–H and O–H groups in total. The summed E-state index contributed by atoms with van der Waals surface area (Å²) >= 11 is 0. The SMILES string of the molecule is CC(C[C]=O)Nc1ccc(C(F)(F)F)cc1. The first-order valence-corrected chi connectivity index (χ1v) is 4.72. The van der Waals surface area contributed by atoms with E-state index >= 15 is 0 Å². The van der Waals surface area contributed by atoms with Gasteiger partial charge in [0.05, 0.1) is 5.56 Å². The molecule has 0 aromatic heterocycles. The Kier molecular flexibility index (Phi) is 3.93. The first-order valence-electron chi connectivity index (χ1n) is 4.72. The van der Waals surface area contributed by atoms with Gasteiger partial charge in [0.25, 0.3) is 0 Å². The summed E-state index contributed by atoms with van der Waals surface area (Å²) in [7, 11) is 0. The average Bonchev–Trinajstić information content (AvgIpc) is 2.17. The Labute approximate surface area is 91.5 Å². The van der Waals surface area contributed by atoms with Gasteiger partial charge in [-0.15, -0.1) is 0 Å². The molecule has 1 unspecified atom stereocenters. The second-order valence-corrected chi connectivity index (χ2v) is 3.47. The van der Waals surface area contributed by atoms with Crippen molar-refractivity contribution in [1.82, 2.24) is 0 Å². The molecule has 0 saturated heterocycles. The molecule has 1 aromatic carbocycles. The second-order valence-electron chi connectivity index (χ2n) is 3.47. The molecule has 0 bridgehead atoms. The predicted molar refractivity (Wildman–Crippen MR) is 54.8 cm³/mol. The number of anilines is 1. The molecule has 0 fully saturated rings. The van der Waals surface area contributed by atoms with Crippen LogP contribution in [0.15, 0.2) is 24.3 Å². The number of rotatable bonds is 4. The van der Waals surface area contributed by atoms with Crippen molar-refractivity contribution in [2.75, 3.05) is 5.32 Å². The van der Waals surface area contributed by atoms with E-state index in [2.05, 4.69) is 5.32 Å². The van der Waals surface area contributed by atoms with Gasteiger partial charge in [-0.2, -0.15) is 13.2 Å². The number of alkyl halides is 3. The van der Waals surface area contributed by atoms with Crippen molar-refractivity contribution in [3.8, 4) is 0 Å². The van der Waals surface area contributed by atoms with Gasteiger partial charge in [0, 0.05) is 18.2 Å². The normalized spacial score (nSPS) is 13.2. The molecule has 0 amide bonds. The van der Waals surface area contributed by atoms with Crippen LogP contribution in [0.5, 0.6) is 0 Å². The fraction of sp³-hybridized carbons (Fsp3) is 0.364. The maximum Gasteiger partial charge on any atom is 0.416 e. The van der Waals surface area contributed by atoms with E-state index in [4.69, 9.17) is 0 Å². The zero-order valence-corrected chi connectivity index (χ0v) is 8.64. The van der Waals surface area contributed by atoms with Crippen molar-refractivity contribution in [3.63, 3.8) is 0 Å². The summed E-state index contributed by atoms with van der Waals surface area (Å²) in [6.07, 6.45) is -2.39. The Morgan fingerprint density at radius 2 is 1.88 bits per heavy atom. The summed E-state index contributed by atoms with van der Waals surface area (Å²) in [5.41, 5.74) is -0.136. The molecule has 1 rings (SSSR count). The minimum atomic E-state index is -4.32. The monoisotopic (exact) mass is 230 g/mol. The van der Waals surface area contributed by atoms with E-state index in [0.29, 0.717) is 5.69 Å². The summed E-state index contributed by atoms with van der Waals surface area (Å²) < 4.78 is 36.7. The number of hydrogen-bond acceptors (Lipinski definition) is 2. The third-order valence-corrected chi connectivity index (χ3v) is 2.01. The Hall–Kier alpha value is -1.52. The summed E-state index contributed by atoms with van der Waals surface area (Å²) in [6, 6.07) is 4.53. The number of nitrogens with one attached hydrogen (secondary N) is 1. The van der Waals surface area contributed by atoms with Gasteiger partial charge in [0.15, 0.2) is 6.29 Å². The van der Waals surface area contributed by atoms with Crippen molar-refractivity contribution in [2.45, 2.75) is 25.6 Å². The molecule has 0 aliphatic heterocycles. The van der Waals surface area contributed by atoms with E-state index in [9.17, 15) is 18.0 Å². The smallest absolute Gasteiger partial charge is 0.382 e. The highest BCUT2D eigenvalue weighted by Crippen LogP contribution is 2.29. The van der Waals surface area contributed by atoms with Gasteiger partial charge < -0.3 is 5.32 Å². The van der Waals surface area contributed by atoms with Crippen LogP contribution >= 0.6 is 0 Å². The highest BCUT2D eigenvalue weighted by molar-refractivity contribution is 5.54. The first kappa shape index (κ1) is 12.5. The second kappa shape index (κ2) is 5.01. The quantitative estimate of drug-likeness (QED) is 0.861. The van der Waals surface area contributed by atoms with Crippen LogP contribution < -0.4 is 5.32 Å². The lowest BCUT2D eigenvalue weighted by atomic mass is 10.2. The molecule has 16 heavy (non-hydrogen) atoms. The van der Waals surface area contributed by atoms with Crippen LogP contribution in [-0.2, 0) is 11.0 Å². The molecular weight excluding hydrogens is 219 g/mol. The Morgan fingerprint density at radius 3 is 2.31 bits per heavy atom. The van der Waals surface area contributed by atoms with Crippen molar-refractivity contribution < 1.29 is 18.0 Å². The maximum atomic E-state index is 12.2. The topological polar surface area (TPSA) is 29.1 Å². The highest BCUT2D eigenvalue weighted by atomic mass is 19.4. The molecule has 0 saturated carbocycles. The number of hydrogen-bond donors (Lipinski definition) is 1. The summed E-state index contributed by atoms with van der Waals surface area (Å²) in [5, 5.41) is 2.89. The van der Waals surface area contributed by atoms with Crippen LogP contribution in [0.25, 0.3) is 0 Å². The highest BCUT2D eigenvalue weighted by Gasteiger charge is 2.29. The Balaban J connectivity index is 2.68. The van der Waals surface area contributed by atoms with Gasteiger partial charge in [-0.05, 0) is 31.2 Å². The molecule has 1 radical (unpaired) electrons. The van der Waals surface area contributed by atoms with Gasteiger partial charge in [-0.25, -0.2) is 0 Å². The third kappa shape index (κ3) is 3.56. The Morgan fingerprint density at radius 1 is 1.31 bits per heavy atom. The number of halogens is 3. The van der Waals surface area contributed by atoms with Crippen molar-refractivity contribution in [2.24, 2.45) is 0 Å². The van der Waals surface area contributed by atoms with Gasteiger partial charge in [-0.1, -0.05) is 0 Å². The molecule has 1 aromatic rings. The average molecular weight is 230 g/mol. The van der Waals surface area contributed by atoms with Crippen molar-refractivity contribution in [3.05, 3.63) is 29.8 Å². The lowest BCUT2D eigenvalue weighted by Gasteiger charge is -2.13. The Bertz CT molecular complexity index is 345. The van der Waals surface area contributed by atoms with Gasteiger partial charge in [-0.3, -0.25) is 4.79 Å². The molecule has 0 spiro atoms. The molecule has 1 atom stereocenters. The van der Waals surface area contributed by atoms with Crippen molar-refractivity contribution in [1.29, 1.82) is 0 Å². The molecule has 5 heteroatoms. The molecular formula is C11H11F3NO. The lowest BCUT2D eigenvalue weighted by Crippen LogP contribution is -2.15. The number of carbonyl (C=O) groups excluding carboxylic acids is 1. The van der Waals surface area contributed by atoms with E-state index in [0.717, 1.165) is 12.1 Å². The molecule has 0 aliphatic carbocycles. The molecule has 0 heterocycles. The van der Waals surface area contributed by atoms with Crippen LogP contribution in [0, 0.1) is 0 Å². The molecule has 87 valence electrons. The van der Waals surface area contributed by atoms with Crippen molar-refractivity contribution >= 4 is 12.0 Å². The summed E-state index contributed by atoms with van der Waals surface area (Å²) in [5.74, 6) is 0. The fourth-order valence-electron chi connectivity index (χ4n) is 1.22. The van der Waals surface area contributed by atoms with E-state index in [1.807, 2.05) is 0 Å². The van der Waals surface area contributed by atoms with Gasteiger partial charge in [0.1, 0.15) is 0 Å². The molecule has 2 nitrogen and oxygen atoms in total.